The van der Waals surface area contributed by atoms with Crippen LogP contribution in [0.3, 0.4) is 0 Å². The Morgan fingerprint density at radius 3 is 1.57 bits per heavy atom. The first-order valence-corrected chi connectivity index (χ1v) is 4.60. The van der Waals surface area contributed by atoms with Crippen LogP contribution in [0.4, 0.5) is 0 Å². The summed E-state index contributed by atoms with van der Waals surface area (Å²) >= 11 is 0. The number of carbonyl (C=O) groups is 2. The summed E-state index contributed by atoms with van der Waals surface area (Å²) in [5.41, 5.74) is 0. The lowest BCUT2D eigenvalue weighted by Crippen LogP contribution is -2.24. The van der Waals surface area contributed by atoms with Gasteiger partial charge in [-0.1, -0.05) is 0 Å². The van der Waals surface area contributed by atoms with Gasteiger partial charge < -0.3 is 9.47 Å². The van der Waals surface area contributed by atoms with Gasteiger partial charge in [0.05, 0.1) is 0 Å². The number of ether oxygens (including phenoxy) is 2. The van der Waals surface area contributed by atoms with E-state index in [9.17, 15) is 9.59 Å². The van der Waals surface area contributed by atoms with Crippen LogP contribution in [0.5, 0.6) is 0 Å². The van der Waals surface area contributed by atoms with Crippen LogP contribution in [0, 0.1) is 0 Å². The first kappa shape index (κ1) is 10.8. The molecule has 1 aliphatic carbocycles. The summed E-state index contributed by atoms with van der Waals surface area (Å²) in [5, 5.41) is 0. The summed E-state index contributed by atoms with van der Waals surface area (Å²) in [7, 11) is 0. The topological polar surface area (TPSA) is 52.6 Å². The van der Waals surface area contributed by atoms with Crippen LogP contribution in [0.15, 0.2) is 12.2 Å². The van der Waals surface area contributed by atoms with Crippen molar-refractivity contribution in [2.24, 2.45) is 0 Å². The Morgan fingerprint density at radius 1 is 1.00 bits per heavy atom. The molecule has 0 unspecified atom stereocenters. The van der Waals surface area contributed by atoms with E-state index in [1.807, 2.05) is 0 Å². The van der Waals surface area contributed by atoms with Crippen molar-refractivity contribution in [1.82, 2.24) is 0 Å². The van der Waals surface area contributed by atoms with Gasteiger partial charge in [0.15, 0.2) is 0 Å². The molecule has 0 spiro atoms. The zero-order chi connectivity index (χ0) is 10.6. The van der Waals surface area contributed by atoms with Crippen LogP contribution >= 0.6 is 0 Å². The largest absolute Gasteiger partial charge is 0.458 e. The molecule has 0 amide bonds. The van der Waals surface area contributed by atoms with Gasteiger partial charge in [0.25, 0.3) is 0 Å². The molecule has 1 rings (SSSR count). The van der Waals surface area contributed by atoms with Gasteiger partial charge in [-0.15, -0.1) is 0 Å². The van der Waals surface area contributed by atoms with Gasteiger partial charge in [-0.05, 0) is 25.0 Å². The van der Waals surface area contributed by atoms with Crippen molar-refractivity contribution in [3.63, 3.8) is 0 Å². The maximum absolute atomic E-state index is 10.6. The lowest BCUT2D eigenvalue weighted by atomic mass is 10.0. The zero-order valence-electron chi connectivity index (χ0n) is 8.36. The standard InChI is InChI=1S/C10H14O4/c1-7(11)13-9-3-5-10(6-4-9)14-8(2)12/h3,5,9-10H,4,6H2,1-2H3/t9-,10-/m0/s1. The predicted molar refractivity (Wildman–Crippen MR) is 49.5 cm³/mol. The zero-order valence-corrected chi connectivity index (χ0v) is 8.36. The highest BCUT2D eigenvalue weighted by atomic mass is 16.5. The van der Waals surface area contributed by atoms with Crippen molar-refractivity contribution in [3.05, 3.63) is 12.2 Å². The quantitative estimate of drug-likeness (QED) is 0.494. The second kappa shape index (κ2) is 4.79. The van der Waals surface area contributed by atoms with E-state index >= 15 is 0 Å². The molecular weight excluding hydrogens is 184 g/mol. The lowest BCUT2D eigenvalue weighted by Gasteiger charge is -2.22. The molecule has 0 N–H and O–H groups in total. The third-order valence-corrected chi connectivity index (χ3v) is 1.91. The fraction of sp³-hybridized carbons (Fsp3) is 0.600. The normalized spacial score (nSPS) is 25.6. The average Bonchev–Trinajstić information content (AvgIpc) is 2.06. The highest BCUT2D eigenvalue weighted by Crippen LogP contribution is 2.17. The summed E-state index contributed by atoms with van der Waals surface area (Å²) in [5.74, 6) is -0.573. The molecule has 0 heterocycles. The Kier molecular flexibility index (Phi) is 3.68. The molecule has 0 aliphatic heterocycles. The van der Waals surface area contributed by atoms with Gasteiger partial charge in [-0.2, -0.15) is 0 Å². The number of esters is 2. The Labute approximate surface area is 82.9 Å². The number of carbonyl (C=O) groups excluding carboxylic acids is 2. The number of hydrogen-bond acceptors (Lipinski definition) is 4. The molecule has 0 aromatic carbocycles. The van der Waals surface area contributed by atoms with Crippen LogP contribution in [-0.2, 0) is 19.1 Å². The monoisotopic (exact) mass is 198 g/mol. The summed E-state index contributed by atoms with van der Waals surface area (Å²) in [6, 6.07) is 0. The van der Waals surface area contributed by atoms with Gasteiger partial charge in [0.1, 0.15) is 12.2 Å². The second-order valence-corrected chi connectivity index (χ2v) is 3.26. The van der Waals surface area contributed by atoms with E-state index in [4.69, 9.17) is 9.47 Å². The van der Waals surface area contributed by atoms with Gasteiger partial charge >= 0.3 is 11.9 Å². The fourth-order valence-corrected chi connectivity index (χ4v) is 1.39. The smallest absolute Gasteiger partial charge is 0.303 e. The van der Waals surface area contributed by atoms with Crippen LogP contribution in [0.1, 0.15) is 26.7 Å². The summed E-state index contributed by atoms with van der Waals surface area (Å²) in [4.78, 5) is 21.3. The fourth-order valence-electron chi connectivity index (χ4n) is 1.39. The molecule has 78 valence electrons. The molecule has 0 aromatic heterocycles. The van der Waals surface area contributed by atoms with Crippen LogP contribution in [0.2, 0.25) is 0 Å². The first-order chi connectivity index (χ1) is 6.58. The second-order valence-electron chi connectivity index (χ2n) is 3.26. The molecule has 4 nitrogen and oxygen atoms in total. The highest BCUT2D eigenvalue weighted by Gasteiger charge is 2.19. The van der Waals surface area contributed by atoms with Crippen molar-refractivity contribution in [1.29, 1.82) is 0 Å². The van der Waals surface area contributed by atoms with E-state index in [1.54, 1.807) is 12.2 Å². The SMILES string of the molecule is CC(=O)O[C@H]1C=C[C@H](OC(C)=O)CC1. The highest BCUT2D eigenvalue weighted by molar-refractivity contribution is 5.67. The Morgan fingerprint density at radius 2 is 1.36 bits per heavy atom. The molecule has 2 atom stereocenters. The molecule has 0 fully saturated rings. The lowest BCUT2D eigenvalue weighted by molar-refractivity contribution is -0.148. The molecule has 1 aliphatic rings. The van der Waals surface area contributed by atoms with Crippen molar-refractivity contribution in [2.75, 3.05) is 0 Å². The van der Waals surface area contributed by atoms with E-state index in [0.717, 1.165) is 0 Å². The van der Waals surface area contributed by atoms with Gasteiger partial charge in [0.2, 0.25) is 0 Å². The molecule has 0 bridgehead atoms. The maximum atomic E-state index is 10.6. The third kappa shape index (κ3) is 3.60. The van der Waals surface area contributed by atoms with E-state index in [-0.39, 0.29) is 24.1 Å². The van der Waals surface area contributed by atoms with Gasteiger partial charge in [-0.25, -0.2) is 0 Å². The third-order valence-electron chi connectivity index (χ3n) is 1.91. The van der Waals surface area contributed by atoms with E-state index in [2.05, 4.69) is 0 Å². The van der Waals surface area contributed by atoms with Crippen molar-refractivity contribution >= 4 is 11.9 Å². The summed E-state index contributed by atoms with van der Waals surface area (Å²) < 4.78 is 9.96. The van der Waals surface area contributed by atoms with E-state index in [0.29, 0.717) is 12.8 Å². The van der Waals surface area contributed by atoms with Gasteiger partial charge in [0, 0.05) is 13.8 Å². The Balaban J connectivity index is 2.39. The molecule has 0 saturated heterocycles. The summed E-state index contributed by atoms with van der Waals surface area (Å²) in [6.45, 7) is 2.76. The molecule has 0 radical (unpaired) electrons. The molecule has 0 aromatic rings. The van der Waals surface area contributed by atoms with Crippen molar-refractivity contribution in [2.45, 2.75) is 38.9 Å². The molecule has 4 heteroatoms. The summed E-state index contributed by atoms with van der Waals surface area (Å²) in [6.07, 6.45) is 4.60. The Hall–Kier alpha value is -1.32. The first-order valence-electron chi connectivity index (χ1n) is 4.60. The predicted octanol–water partition coefficient (Wildman–Crippen LogP) is 1.20. The minimum atomic E-state index is -0.286. The minimum absolute atomic E-state index is 0.167. The number of rotatable bonds is 2. The van der Waals surface area contributed by atoms with Crippen molar-refractivity contribution < 1.29 is 19.1 Å². The Bertz CT molecular complexity index is 231. The van der Waals surface area contributed by atoms with E-state index < -0.39 is 0 Å². The molecule has 14 heavy (non-hydrogen) atoms. The average molecular weight is 198 g/mol. The van der Waals surface area contributed by atoms with Crippen LogP contribution < -0.4 is 0 Å². The molecule has 0 saturated carbocycles. The molecular formula is C10H14O4. The van der Waals surface area contributed by atoms with Crippen LogP contribution in [0.25, 0.3) is 0 Å². The number of hydrogen-bond donors (Lipinski definition) is 0. The van der Waals surface area contributed by atoms with Crippen LogP contribution in [-0.4, -0.2) is 24.1 Å². The van der Waals surface area contributed by atoms with Gasteiger partial charge in [-0.3, -0.25) is 9.59 Å². The maximum Gasteiger partial charge on any atom is 0.303 e. The minimum Gasteiger partial charge on any atom is -0.458 e. The van der Waals surface area contributed by atoms with Crippen molar-refractivity contribution in [3.8, 4) is 0 Å². The van der Waals surface area contributed by atoms with E-state index in [1.165, 1.54) is 13.8 Å².